The first-order valence-corrected chi connectivity index (χ1v) is 11.0. The fraction of sp³-hybridized carbons (Fsp3) is 0.500. The molecule has 2 N–H and O–H groups in total. The average Bonchev–Trinajstić information content (AvgIpc) is 3.17. The Labute approximate surface area is 166 Å². The van der Waals surface area contributed by atoms with Gasteiger partial charge in [-0.05, 0) is 38.5 Å². The third kappa shape index (κ3) is 1.94. The van der Waals surface area contributed by atoms with Crippen molar-refractivity contribution < 1.29 is 4.79 Å². The van der Waals surface area contributed by atoms with Gasteiger partial charge in [-0.25, -0.2) is 9.97 Å². The molecule has 4 saturated heterocycles. The Morgan fingerprint density at radius 1 is 1.36 bits per heavy atom. The van der Waals surface area contributed by atoms with E-state index in [0.29, 0.717) is 23.7 Å². The monoisotopic (exact) mass is 394 g/mol. The molecule has 0 saturated carbocycles. The molecule has 5 atom stereocenters. The first-order valence-electron chi connectivity index (χ1n) is 9.80. The average molecular weight is 395 g/mol. The zero-order valence-electron chi connectivity index (χ0n) is 15.9. The summed E-state index contributed by atoms with van der Waals surface area (Å²) >= 11 is 1.51. The molecule has 0 spiro atoms. The van der Waals surface area contributed by atoms with Crippen LogP contribution in [0.4, 0.5) is 0 Å². The van der Waals surface area contributed by atoms with Crippen molar-refractivity contribution in [2.24, 2.45) is 11.7 Å². The van der Waals surface area contributed by atoms with Crippen molar-refractivity contribution in [3.8, 4) is 0 Å². The molecular weight excluding hydrogens is 372 g/mol. The number of fused-ring (bicyclic) bond motifs is 4. The molecule has 4 fully saturated rings. The molecule has 144 valence electrons. The minimum atomic E-state index is -0.486. The van der Waals surface area contributed by atoms with E-state index in [1.807, 2.05) is 24.6 Å². The summed E-state index contributed by atoms with van der Waals surface area (Å²) in [6.07, 6.45) is 7.41. The van der Waals surface area contributed by atoms with Gasteiger partial charge in [0, 0.05) is 41.5 Å². The maximum atomic E-state index is 12.2. The van der Waals surface area contributed by atoms with Crippen LogP contribution in [0.1, 0.15) is 36.7 Å². The minimum Gasteiger partial charge on any atom is -0.364 e. The summed E-state index contributed by atoms with van der Waals surface area (Å²) in [6, 6.07) is 5.16. The fourth-order valence-electron chi connectivity index (χ4n) is 5.92. The molecule has 4 aliphatic heterocycles. The number of carbonyl (C=O) groups excluding carboxylic acids is 1. The number of carbonyl (C=O) groups is 1. The second-order valence-corrected chi connectivity index (χ2v) is 9.32. The third-order valence-electron chi connectivity index (χ3n) is 7.28. The van der Waals surface area contributed by atoms with Crippen LogP contribution in [0.2, 0.25) is 0 Å². The third-order valence-corrected chi connectivity index (χ3v) is 7.84. The molecule has 0 aliphatic carbocycles. The van der Waals surface area contributed by atoms with E-state index in [4.69, 9.17) is 15.8 Å². The first-order chi connectivity index (χ1) is 13.5. The number of rotatable bonds is 3. The predicted molar refractivity (Wildman–Crippen MR) is 108 cm³/mol. The second kappa shape index (κ2) is 5.45. The van der Waals surface area contributed by atoms with Crippen LogP contribution in [0.25, 0.3) is 21.8 Å². The lowest BCUT2D eigenvalue weighted by atomic mass is 9.68. The van der Waals surface area contributed by atoms with Crippen molar-refractivity contribution in [3.63, 3.8) is 0 Å². The molecule has 1 amide bonds. The fourth-order valence-corrected chi connectivity index (χ4v) is 6.26. The molecule has 7 rings (SSSR count). The summed E-state index contributed by atoms with van der Waals surface area (Å²) in [6.45, 7) is 3.43. The van der Waals surface area contributed by atoms with Gasteiger partial charge in [-0.2, -0.15) is 5.10 Å². The molecule has 4 bridgehead atoms. The Bertz CT molecular complexity index is 1150. The highest BCUT2D eigenvalue weighted by molar-refractivity contribution is 7.98. The lowest BCUT2D eigenvalue weighted by Gasteiger charge is -2.60. The molecule has 8 heteroatoms. The number of hydrogen-bond donors (Lipinski definition) is 1. The van der Waals surface area contributed by atoms with Crippen LogP contribution in [0.3, 0.4) is 0 Å². The number of nitrogens with zero attached hydrogens (tertiary/aromatic N) is 5. The molecular formula is C20H22N6OS. The van der Waals surface area contributed by atoms with Crippen molar-refractivity contribution >= 4 is 39.5 Å². The number of primary amides is 1. The van der Waals surface area contributed by atoms with Gasteiger partial charge >= 0.3 is 0 Å². The smallest absolute Gasteiger partial charge is 0.269 e. The highest BCUT2D eigenvalue weighted by atomic mass is 32.2. The quantitative estimate of drug-likeness (QED) is 0.542. The molecule has 3 aromatic rings. The largest absolute Gasteiger partial charge is 0.364 e. The van der Waals surface area contributed by atoms with Gasteiger partial charge in [0.05, 0.1) is 11.1 Å². The maximum absolute atomic E-state index is 12.2. The summed E-state index contributed by atoms with van der Waals surface area (Å²) < 4.78 is 2.11. The molecule has 6 heterocycles. The molecule has 4 aliphatic rings. The summed E-state index contributed by atoms with van der Waals surface area (Å²) in [5.41, 5.74) is 7.70. The predicted octanol–water partition coefficient (Wildman–Crippen LogP) is 2.38. The van der Waals surface area contributed by atoms with Gasteiger partial charge in [0.2, 0.25) is 0 Å². The number of hydrogen-bond acceptors (Lipinski definition) is 6. The van der Waals surface area contributed by atoms with E-state index in [0.717, 1.165) is 39.9 Å². The Morgan fingerprint density at radius 2 is 2.21 bits per heavy atom. The van der Waals surface area contributed by atoms with Gasteiger partial charge < -0.3 is 5.73 Å². The molecule has 5 unspecified atom stereocenters. The van der Waals surface area contributed by atoms with E-state index in [1.54, 1.807) is 0 Å². The minimum absolute atomic E-state index is 0.134. The van der Waals surface area contributed by atoms with Crippen LogP contribution in [-0.2, 0) is 5.54 Å². The van der Waals surface area contributed by atoms with E-state index < -0.39 is 5.91 Å². The van der Waals surface area contributed by atoms with Crippen LogP contribution in [0.5, 0.6) is 0 Å². The number of piperidine rings is 2. The number of amides is 1. The zero-order chi connectivity index (χ0) is 19.2. The highest BCUT2D eigenvalue weighted by Gasteiger charge is 2.61. The van der Waals surface area contributed by atoms with Crippen LogP contribution in [-0.4, -0.2) is 55.4 Å². The van der Waals surface area contributed by atoms with Crippen LogP contribution < -0.4 is 5.73 Å². The topological polar surface area (TPSA) is 89.9 Å². The summed E-state index contributed by atoms with van der Waals surface area (Å²) in [5.74, 6) is 0.0621. The number of benzene rings is 1. The van der Waals surface area contributed by atoms with Gasteiger partial charge in [-0.3, -0.25) is 14.4 Å². The summed E-state index contributed by atoms with van der Waals surface area (Å²) in [7, 11) is 0. The van der Waals surface area contributed by atoms with Crippen LogP contribution >= 0.6 is 11.8 Å². The highest BCUT2D eigenvalue weighted by Crippen LogP contribution is 2.55. The zero-order valence-corrected chi connectivity index (χ0v) is 16.7. The molecule has 2 aromatic heterocycles. The van der Waals surface area contributed by atoms with Gasteiger partial charge in [0.25, 0.3) is 5.91 Å². The Kier molecular flexibility index (Phi) is 3.26. The van der Waals surface area contributed by atoms with Crippen molar-refractivity contribution in [2.45, 2.75) is 49.0 Å². The standard InChI is InChI=1S/C20H22N6OS/c1-20(7-11-4-6-14-13(20)9-25(11)14)26-17-12(16(24-26)18(21)27)5-3-10-8-22-19(28-2)23-15(10)17/h3,5,8,11,13-14H,4,6-7,9H2,1-2H3,(H2,21,27). The lowest BCUT2D eigenvalue weighted by molar-refractivity contribution is -0.110. The molecule has 7 nitrogen and oxygen atoms in total. The molecule has 1 aromatic carbocycles. The Hall–Kier alpha value is -2.19. The lowest BCUT2D eigenvalue weighted by Crippen LogP contribution is -2.69. The van der Waals surface area contributed by atoms with Crippen molar-refractivity contribution in [1.29, 1.82) is 0 Å². The Balaban J connectivity index is 1.68. The van der Waals surface area contributed by atoms with E-state index in [1.165, 1.54) is 24.6 Å². The van der Waals surface area contributed by atoms with Crippen LogP contribution in [0.15, 0.2) is 23.5 Å². The molecule has 0 radical (unpaired) electrons. The van der Waals surface area contributed by atoms with Gasteiger partial charge in [-0.15, -0.1) is 0 Å². The SMILES string of the molecule is CSc1ncc2ccc3c(C(N)=O)nn(C4(C)CC5CCC6C4CN56)c3c2n1. The van der Waals surface area contributed by atoms with Gasteiger partial charge in [0.1, 0.15) is 5.52 Å². The van der Waals surface area contributed by atoms with E-state index in [-0.39, 0.29) is 5.54 Å². The van der Waals surface area contributed by atoms with Crippen molar-refractivity contribution in [3.05, 3.63) is 24.0 Å². The second-order valence-electron chi connectivity index (χ2n) is 8.54. The van der Waals surface area contributed by atoms with Crippen molar-refractivity contribution in [1.82, 2.24) is 24.6 Å². The maximum Gasteiger partial charge on any atom is 0.269 e. The van der Waals surface area contributed by atoms with E-state index in [2.05, 4.69) is 21.5 Å². The van der Waals surface area contributed by atoms with E-state index >= 15 is 0 Å². The van der Waals surface area contributed by atoms with E-state index in [9.17, 15) is 4.79 Å². The number of aromatic nitrogens is 4. The van der Waals surface area contributed by atoms with Gasteiger partial charge in [-0.1, -0.05) is 17.8 Å². The number of nitrogens with two attached hydrogens (primary N) is 1. The van der Waals surface area contributed by atoms with Crippen LogP contribution in [0, 0.1) is 5.92 Å². The first kappa shape index (κ1) is 16.7. The molecule has 28 heavy (non-hydrogen) atoms. The summed E-state index contributed by atoms with van der Waals surface area (Å²) in [5, 5.41) is 7.29. The Morgan fingerprint density at radius 3 is 2.96 bits per heavy atom. The normalized spacial score (nSPS) is 33.4. The number of thioether (sulfide) groups is 1. The summed E-state index contributed by atoms with van der Waals surface area (Å²) in [4.78, 5) is 24.1. The van der Waals surface area contributed by atoms with Crippen molar-refractivity contribution in [2.75, 3.05) is 12.8 Å². The van der Waals surface area contributed by atoms with Gasteiger partial charge in [0.15, 0.2) is 10.9 Å².